The Bertz CT molecular complexity index is 461. The van der Waals surface area contributed by atoms with Crippen molar-refractivity contribution in [2.24, 2.45) is 17.6 Å². The van der Waals surface area contributed by atoms with E-state index in [1.807, 2.05) is 17.8 Å². The van der Waals surface area contributed by atoms with Crippen molar-refractivity contribution in [3.05, 3.63) is 23.6 Å². The fourth-order valence-electron chi connectivity index (χ4n) is 2.13. The summed E-state index contributed by atoms with van der Waals surface area (Å²) < 4.78 is 0. The fraction of sp³-hybridized carbons (Fsp3) is 0.538. The number of hydrogen-bond acceptors (Lipinski definition) is 4. The summed E-state index contributed by atoms with van der Waals surface area (Å²) in [7, 11) is 0. The topological polar surface area (TPSA) is 67.6 Å². The summed E-state index contributed by atoms with van der Waals surface area (Å²) in [6.45, 7) is 5.17. The first kappa shape index (κ1) is 13.2. The average Bonchev–Trinajstić information content (AvgIpc) is 2.97. The summed E-state index contributed by atoms with van der Waals surface area (Å²) in [5.41, 5.74) is 6.82. The van der Waals surface area contributed by atoms with Crippen molar-refractivity contribution in [2.75, 3.05) is 6.54 Å². The molecule has 0 amide bonds. The van der Waals surface area contributed by atoms with Crippen molar-refractivity contribution >= 4 is 11.3 Å². The number of rotatable bonds is 6. The van der Waals surface area contributed by atoms with Gasteiger partial charge in [-0.1, -0.05) is 13.8 Å². The number of nitrogens with one attached hydrogen (secondary N) is 1. The van der Waals surface area contributed by atoms with Crippen LogP contribution in [0.2, 0.25) is 0 Å². The Balaban J connectivity index is 2.01. The summed E-state index contributed by atoms with van der Waals surface area (Å²) in [6, 6.07) is 0. The molecule has 5 heteroatoms. The Labute approximate surface area is 112 Å². The van der Waals surface area contributed by atoms with E-state index in [1.165, 1.54) is 0 Å². The lowest BCUT2D eigenvalue weighted by atomic mass is 9.94. The van der Waals surface area contributed by atoms with Gasteiger partial charge >= 0.3 is 0 Å². The number of aromatic amines is 1. The lowest BCUT2D eigenvalue weighted by Gasteiger charge is -2.15. The number of nitrogens with two attached hydrogens (primary N) is 1. The van der Waals surface area contributed by atoms with Crippen molar-refractivity contribution in [3.8, 4) is 10.7 Å². The molecule has 0 aliphatic rings. The summed E-state index contributed by atoms with van der Waals surface area (Å²) in [5.74, 6) is 2.18. The van der Waals surface area contributed by atoms with Crippen molar-refractivity contribution in [3.63, 3.8) is 0 Å². The zero-order chi connectivity index (χ0) is 13.0. The van der Waals surface area contributed by atoms with Crippen molar-refractivity contribution in [1.82, 2.24) is 15.0 Å². The van der Waals surface area contributed by atoms with Gasteiger partial charge in [-0.05, 0) is 24.8 Å². The molecule has 2 aromatic heterocycles. The molecular formula is C13H20N4S. The molecule has 0 bridgehead atoms. The Hall–Kier alpha value is -1.20. The number of hydrogen-bond donors (Lipinski definition) is 2. The third kappa shape index (κ3) is 3.40. The van der Waals surface area contributed by atoms with Gasteiger partial charge in [0.2, 0.25) is 0 Å². The van der Waals surface area contributed by atoms with Crippen LogP contribution in [0.15, 0.2) is 17.8 Å². The lowest BCUT2D eigenvalue weighted by Crippen LogP contribution is -2.19. The number of imidazole rings is 1. The number of aromatic nitrogens is 3. The molecule has 0 saturated heterocycles. The summed E-state index contributed by atoms with van der Waals surface area (Å²) in [6.07, 6.45) is 5.73. The molecule has 0 fully saturated rings. The van der Waals surface area contributed by atoms with Gasteiger partial charge in [-0.2, -0.15) is 0 Å². The van der Waals surface area contributed by atoms with Gasteiger partial charge in [0.1, 0.15) is 10.8 Å². The zero-order valence-electron chi connectivity index (χ0n) is 10.9. The van der Waals surface area contributed by atoms with Gasteiger partial charge < -0.3 is 10.7 Å². The Kier molecular flexibility index (Phi) is 4.49. The second-order valence-corrected chi connectivity index (χ2v) is 5.91. The van der Waals surface area contributed by atoms with Crippen LogP contribution in [-0.2, 0) is 6.42 Å². The minimum atomic E-state index is 0.500. The molecule has 2 rings (SSSR count). The quantitative estimate of drug-likeness (QED) is 0.843. The normalized spacial score (nSPS) is 13.1. The average molecular weight is 264 g/mol. The van der Waals surface area contributed by atoms with Crippen molar-refractivity contribution in [1.29, 1.82) is 0 Å². The molecule has 1 atom stereocenters. The number of H-pyrrole nitrogens is 1. The summed E-state index contributed by atoms with van der Waals surface area (Å²) >= 11 is 1.62. The maximum Gasteiger partial charge on any atom is 0.141 e. The van der Waals surface area contributed by atoms with Crippen LogP contribution in [0, 0.1) is 11.8 Å². The second kappa shape index (κ2) is 6.11. The standard InChI is InChI=1S/C13H20N4S/c1-9(2)5-10(7-14)6-12-16-8-11(17-12)13-15-3-4-18-13/h3-4,8-10H,5-7,14H2,1-2H3,(H,16,17). The van der Waals surface area contributed by atoms with Gasteiger partial charge in [-0.15, -0.1) is 11.3 Å². The molecule has 4 nitrogen and oxygen atoms in total. The van der Waals surface area contributed by atoms with Crippen molar-refractivity contribution in [2.45, 2.75) is 26.7 Å². The van der Waals surface area contributed by atoms with E-state index in [-0.39, 0.29) is 0 Å². The van der Waals surface area contributed by atoms with Crippen molar-refractivity contribution < 1.29 is 0 Å². The molecule has 18 heavy (non-hydrogen) atoms. The molecule has 98 valence electrons. The van der Waals surface area contributed by atoms with Crippen LogP contribution in [-0.4, -0.2) is 21.5 Å². The molecule has 0 aliphatic heterocycles. The summed E-state index contributed by atoms with van der Waals surface area (Å²) in [4.78, 5) is 12.0. The third-order valence-electron chi connectivity index (χ3n) is 2.91. The van der Waals surface area contributed by atoms with Gasteiger partial charge in [-0.25, -0.2) is 9.97 Å². The predicted molar refractivity (Wildman–Crippen MR) is 75.4 cm³/mol. The molecule has 1 unspecified atom stereocenters. The SMILES string of the molecule is CC(C)CC(CN)Cc1ncc(-c2nccs2)[nH]1. The molecule has 3 N–H and O–H groups in total. The highest BCUT2D eigenvalue weighted by atomic mass is 32.1. The van der Waals surface area contributed by atoms with E-state index in [0.29, 0.717) is 18.4 Å². The van der Waals surface area contributed by atoms with Gasteiger partial charge in [0.15, 0.2) is 0 Å². The molecule has 0 spiro atoms. The predicted octanol–water partition coefficient (Wildman–Crippen LogP) is 2.70. The summed E-state index contributed by atoms with van der Waals surface area (Å²) in [5, 5.41) is 2.96. The van der Waals surface area contributed by atoms with E-state index in [1.54, 1.807) is 11.3 Å². The maximum atomic E-state index is 5.82. The van der Waals surface area contributed by atoms with E-state index in [9.17, 15) is 0 Å². The van der Waals surface area contributed by atoms with Crippen LogP contribution in [0.5, 0.6) is 0 Å². The fourth-order valence-corrected chi connectivity index (χ4v) is 2.74. The highest BCUT2D eigenvalue weighted by molar-refractivity contribution is 7.13. The Morgan fingerprint density at radius 2 is 2.22 bits per heavy atom. The highest BCUT2D eigenvalue weighted by Crippen LogP contribution is 2.21. The van der Waals surface area contributed by atoms with Gasteiger partial charge in [-0.3, -0.25) is 0 Å². The van der Waals surface area contributed by atoms with E-state index in [4.69, 9.17) is 5.73 Å². The molecule has 0 aromatic carbocycles. The monoisotopic (exact) mass is 264 g/mol. The molecule has 0 aliphatic carbocycles. The number of nitrogens with zero attached hydrogens (tertiary/aromatic N) is 2. The minimum absolute atomic E-state index is 0.500. The third-order valence-corrected chi connectivity index (χ3v) is 3.72. The molecule has 2 heterocycles. The van der Waals surface area contributed by atoms with Crippen LogP contribution < -0.4 is 5.73 Å². The first-order valence-electron chi connectivity index (χ1n) is 6.32. The largest absolute Gasteiger partial charge is 0.340 e. The van der Waals surface area contributed by atoms with Gasteiger partial charge in [0.25, 0.3) is 0 Å². The van der Waals surface area contributed by atoms with Crippen LogP contribution in [0.4, 0.5) is 0 Å². The molecule has 2 aromatic rings. The molecule has 0 saturated carbocycles. The van der Waals surface area contributed by atoms with Crippen LogP contribution >= 0.6 is 11.3 Å². The smallest absolute Gasteiger partial charge is 0.141 e. The minimum Gasteiger partial charge on any atom is -0.340 e. The van der Waals surface area contributed by atoms with Crippen LogP contribution in [0.25, 0.3) is 10.7 Å². The zero-order valence-corrected chi connectivity index (χ0v) is 11.7. The van der Waals surface area contributed by atoms with Gasteiger partial charge in [0.05, 0.1) is 11.9 Å². The first-order valence-corrected chi connectivity index (χ1v) is 7.20. The highest BCUT2D eigenvalue weighted by Gasteiger charge is 2.13. The molecular weight excluding hydrogens is 244 g/mol. The second-order valence-electron chi connectivity index (χ2n) is 5.02. The van der Waals surface area contributed by atoms with E-state index in [2.05, 4.69) is 28.8 Å². The Morgan fingerprint density at radius 3 is 2.83 bits per heavy atom. The Morgan fingerprint density at radius 1 is 1.39 bits per heavy atom. The van der Waals surface area contributed by atoms with E-state index in [0.717, 1.165) is 29.4 Å². The van der Waals surface area contributed by atoms with Crippen LogP contribution in [0.1, 0.15) is 26.1 Å². The first-order chi connectivity index (χ1) is 8.69. The van der Waals surface area contributed by atoms with Crippen LogP contribution in [0.3, 0.4) is 0 Å². The lowest BCUT2D eigenvalue weighted by molar-refractivity contribution is 0.409. The van der Waals surface area contributed by atoms with E-state index >= 15 is 0 Å². The number of thiazole rings is 1. The molecule has 0 radical (unpaired) electrons. The van der Waals surface area contributed by atoms with E-state index < -0.39 is 0 Å². The van der Waals surface area contributed by atoms with Gasteiger partial charge in [0, 0.05) is 18.0 Å². The maximum absolute atomic E-state index is 5.82.